The van der Waals surface area contributed by atoms with Crippen molar-refractivity contribution in [2.45, 2.75) is 66.1 Å². The summed E-state index contributed by atoms with van der Waals surface area (Å²) in [6, 6.07) is 95.1. The van der Waals surface area contributed by atoms with E-state index in [2.05, 4.69) is 313 Å². The molecule has 0 amide bonds. The van der Waals surface area contributed by atoms with Crippen molar-refractivity contribution in [2.75, 3.05) is 33.7 Å². The summed E-state index contributed by atoms with van der Waals surface area (Å²) in [5, 5.41) is 6.52. The summed E-state index contributed by atoms with van der Waals surface area (Å²) in [6.45, 7) is 16.4. The van der Waals surface area contributed by atoms with E-state index in [0.717, 1.165) is 69.0 Å². The third kappa shape index (κ3) is 14.4. The van der Waals surface area contributed by atoms with E-state index in [1.807, 2.05) is 54.6 Å². The Balaban J connectivity index is 0.000000101. The third-order valence-electron chi connectivity index (χ3n) is 20.5. The molecule has 11 heteroatoms. The van der Waals surface area contributed by atoms with Crippen molar-refractivity contribution < 1.29 is 46.6 Å². The molecule has 0 bridgehead atoms. The number of rotatable bonds is 6. The number of hydrogen-bond donors (Lipinski definition) is 0. The molecule has 0 spiro atoms. The summed E-state index contributed by atoms with van der Waals surface area (Å²) in [5.41, 5.74) is 23.8. The van der Waals surface area contributed by atoms with Gasteiger partial charge in [0.1, 0.15) is 28.7 Å². The van der Waals surface area contributed by atoms with E-state index in [1.54, 1.807) is 0 Å². The largest absolute Gasteiger partial charge is 0.435 e. The molecular weight excluding hydrogens is 1310 g/mol. The second-order valence-corrected chi connectivity index (χ2v) is 33.7. The van der Waals surface area contributed by atoms with Gasteiger partial charge in [-0.1, -0.05) is 196 Å². The quantitative estimate of drug-likeness (QED) is 0.123. The van der Waals surface area contributed by atoms with Crippen LogP contribution in [0.5, 0.6) is 28.7 Å². The maximum Gasteiger partial charge on any atom is 0.292 e. The maximum absolute atomic E-state index is 6.29. The zero-order valence-corrected chi connectivity index (χ0v) is 61.5. The number of para-hydroxylation sites is 5. The Morgan fingerprint density at radius 2 is 0.743 bits per heavy atom. The van der Waals surface area contributed by atoms with Gasteiger partial charge in [-0.25, -0.2) is 0 Å². The molecule has 2 aliphatic carbocycles. The first kappa shape index (κ1) is 67.4. The maximum atomic E-state index is 6.29. The summed E-state index contributed by atoms with van der Waals surface area (Å²) >= 11 is 0. The summed E-state index contributed by atoms with van der Waals surface area (Å²) in [5.74, 6) is 5.12. The first-order valence-electron chi connectivity index (χ1n) is 36.5. The summed E-state index contributed by atoms with van der Waals surface area (Å²) in [4.78, 5) is 0. The zero-order chi connectivity index (χ0) is 71.4. The fourth-order valence-electron chi connectivity index (χ4n) is 15.1. The molecule has 20 rings (SSSR count). The van der Waals surface area contributed by atoms with Gasteiger partial charge in [-0.3, -0.25) is 0 Å². The summed E-state index contributed by atoms with van der Waals surface area (Å²) < 4.78 is 41.0. The second-order valence-electron chi connectivity index (χ2n) is 28.7. The summed E-state index contributed by atoms with van der Waals surface area (Å²) in [6.07, 6.45) is 15.7. The van der Waals surface area contributed by atoms with Gasteiger partial charge in [-0.15, -0.1) is 0 Å². The standard InChI is InChI=1S/C21H22NOSi.C21H16NO.C18H14NO.C17H16NO.C17H18NO/c1-24(2,3)21-19-12-8-7-9-16(19)13-17-14-22(15-23-20(17)21)18-10-5-4-6-11-18;1-2-7-18(8-3-1)22-13-17-11-10-16-12-15-6-4-5-9-19(15)20(16)21(17)23-14-22;1-2-8-17(9-3-1)19-12-16-10-14-6-4-5-7-15(14)11-18(16)20-13-19;1-2-7-16(8-3-1)18-11-15-9-13-5-4-6-14(13)10-17(15)19-12-18;1-12-9-13(2)17-16(14(12)3)10-18(11-19-17)15-7-5-4-6-8-15/h4-14H,15H2,1-3H3;1-11,13H,12,14H2;1-12H,13H2;1-3,7-11H,4-6,12H2;4-10H,11H2,1-3H3/q5*+1. The topological polar surface area (TPSA) is 61.2 Å². The molecular formula is C94H86N5O5Si+5. The van der Waals surface area contributed by atoms with Crippen molar-refractivity contribution in [1.29, 1.82) is 0 Å². The second kappa shape index (κ2) is 29.7. The zero-order valence-electron chi connectivity index (χ0n) is 60.5. The molecule has 13 aromatic carbocycles. The predicted molar refractivity (Wildman–Crippen MR) is 430 cm³/mol. The van der Waals surface area contributed by atoms with Crippen LogP contribution >= 0.6 is 0 Å². The van der Waals surface area contributed by atoms with Crippen LogP contribution < -0.4 is 28.9 Å². The number of benzene rings is 13. The molecule has 0 N–H and O–H groups in total. The molecule has 0 atom stereocenters. The van der Waals surface area contributed by atoms with E-state index in [4.69, 9.17) is 23.7 Å². The number of nitrogens with zero attached hydrogens (tertiary/aromatic N) is 5. The molecule has 0 unspecified atom stereocenters. The van der Waals surface area contributed by atoms with Gasteiger partial charge in [0.25, 0.3) is 33.7 Å². The molecule has 13 aromatic rings. The average molecular weight is 1390 g/mol. The van der Waals surface area contributed by atoms with Crippen molar-refractivity contribution in [3.8, 4) is 39.9 Å². The van der Waals surface area contributed by atoms with Crippen LogP contribution in [0.15, 0.2) is 273 Å². The van der Waals surface area contributed by atoms with Crippen LogP contribution in [0.1, 0.15) is 73.2 Å². The van der Waals surface area contributed by atoms with Crippen LogP contribution in [0, 0.1) is 20.8 Å². The van der Waals surface area contributed by atoms with Crippen LogP contribution in [-0.2, 0) is 19.3 Å². The van der Waals surface area contributed by atoms with E-state index in [9.17, 15) is 0 Å². The monoisotopic (exact) mass is 1390 g/mol. The molecule has 10 nitrogen and oxygen atoms in total. The lowest BCUT2D eigenvalue weighted by atomic mass is 9.98. The van der Waals surface area contributed by atoms with Crippen LogP contribution in [0.4, 0.5) is 28.4 Å². The fourth-order valence-corrected chi connectivity index (χ4v) is 17.0. The first-order valence-corrected chi connectivity index (χ1v) is 40.0. The van der Waals surface area contributed by atoms with Gasteiger partial charge in [0.15, 0.2) is 31.1 Å². The van der Waals surface area contributed by atoms with E-state index in [1.165, 1.54) is 118 Å². The molecule has 5 heterocycles. The van der Waals surface area contributed by atoms with Gasteiger partial charge in [0.05, 0.1) is 35.9 Å². The Morgan fingerprint density at radius 3 is 1.31 bits per heavy atom. The van der Waals surface area contributed by atoms with Crippen molar-refractivity contribution in [2.24, 2.45) is 0 Å². The molecule has 516 valence electrons. The lowest BCUT2D eigenvalue weighted by Gasteiger charge is -2.26. The average Bonchev–Trinajstić information content (AvgIpc) is 1.75. The highest BCUT2D eigenvalue weighted by atomic mass is 28.3. The van der Waals surface area contributed by atoms with Crippen molar-refractivity contribution in [3.05, 3.63) is 340 Å². The van der Waals surface area contributed by atoms with Crippen LogP contribution in [0.25, 0.3) is 32.7 Å². The first-order chi connectivity index (χ1) is 51.4. The molecule has 0 saturated carbocycles. The Hall–Kier alpha value is -12.1. The minimum Gasteiger partial charge on any atom is -0.435 e. The highest BCUT2D eigenvalue weighted by Crippen LogP contribution is 2.45. The van der Waals surface area contributed by atoms with Crippen LogP contribution in [0.3, 0.4) is 0 Å². The van der Waals surface area contributed by atoms with Gasteiger partial charge >= 0.3 is 0 Å². The minimum atomic E-state index is -1.54. The minimum absolute atomic E-state index is 0.551. The van der Waals surface area contributed by atoms with Gasteiger partial charge in [0.2, 0.25) is 28.4 Å². The SMILES string of the molecule is C1=[N+](c2ccccc2)COc2c1ccc1c2-c2ccccc2C1.C1=[N+](c2ccccc2)COc2cc3c(cc21)CCC3.C1=[N+](c2ccccc2)COc2cc3ccccc3cc21.C[Si](C)(C)c1c2c(cc3ccccc13)C=[N+](c1ccccc1)CO2.Cc1cc(C)c2c(c1C)C=[N+](c1ccccc1)CO2. The Kier molecular flexibility index (Phi) is 19.1. The van der Waals surface area contributed by atoms with E-state index in [-0.39, 0.29) is 0 Å². The third-order valence-corrected chi connectivity index (χ3v) is 22.5. The van der Waals surface area contributed by atoms with E-state index in [0.29, 0.717) is 33.7 Å². The van der Waals surface area contributed by atoms with Gasteiger partial charge < -0.3 is 23.7 Å². The Morgan fingerprint density at radius 1 is 0.314 bits per heavy atom. The normalized spacial score (nSPS) is 14.3. The van der Waals surface area contributed by atoms with Crippen LogP contribution in [0.2, 0.25) is 19.6 Å². The highest BCUT2D eigenvalue weighted by molar-refractivity contribution is 6.91. The van der Waals surface area contributed by atoms with Crippen molar-refractivity contribution in [3.63, 3.8) is 0 Å². The van der Waals surface area contributed by atoms with Crippen LogP contribution in [-0.4, -0.2) is 95.7 Å². The summed E-state index contributed by atoms with van der Waals surface area (Å²) in [7, 11) is -1.54. The molecule has 105 heavy (non-hydrogen) atoms. The van der Waals surface area contributed by atoms with E-state index < -0.39 is 8.07 Å². The number of ether oxygens (including phenoxy) is 5. The van der Waals surface area contributed by atoms with Gasteiger partial charge in [-0.05, 0) is 154 Å². The highest BCUT2D eigenvalue weighted by Gasteiger charge is 2.33. The Bertz CT molecular complexity index is 5610. The number of fused-ring (bicyclic) bond motifs is 12. The van der Waals surface area contributed by atoms with Crippen molar-refractivity contribution >= 4 is 94.3 Å². The van der Waals surface area contributed by atoms with E-state index >= 15 is 0 Å². The fraction of sp³-hybridized carbons (Fsp3) is 0.160. The van der Waals surface area contributed by atoms with Gasteiger partial charge in [0, 0.05) is 66.2 Å². The lowest BCUT2D eigenvalue weighted by Crippen LogP contribution is -2.41. The molecule has 0 fully saturated rings. The predicted octanol–water partition coefficient (Wildman–Crippen LogP) is 19.8. The number of hydrogen-bond acceptors (Lipinski definition) is 5. The Labute approximate surface area is 616 Å². The van der Waals surface area contributed by atoms with Crippen molar-refractivity contribution in [1.82, 2.24) is 0 Å². The molecule has 0 aromatic heterocycles. The molecule has 0 radical (unpaired) electrons. The smallest absolute Gasteiger partial charge is 0.292 e. The molecule has 5 aliphatic heterocycles. The van der Waals surface area contributed by atoms with Gasteiger partial charge in [-0.2, -0.15) is 22.9 Å². The number of aryl methyl sites for hydroxylation is 4. The lowest BCUT2D eigenvalue weighted by molar-refractivity contribution is -0.476. The molecule has 7 aliphatic rings. The molecule has 0 saturated heterocycles.